The second kappa shape index (κ2) is 3.44. The Morgan fingerprint density at radius 1 is 1.35 bits per heavy atom. The average Bonchev–Trinajstić information content (AvgIpc) is 2.55. The molecule has 2 heterocycles. The molecule has 1 N–H and O–H groups in total. The highest BCUT2D eigenvalue weighted by Gasteiger charge is 2.35. The summed E-state index contributed by atoms with van der Waals surface area (Å²) in [5.74, 6) is 0. The van der Waals surface area contributed by atoms with Crippen molar-refractivity contribution < 1.29 is 26.1 Å². The molecule has 0 aliphatic heterocycles. The van der Waals surface area contributed by atoms with Crippen molar-refractivity contribution in [2.75, 3.05) is 0 Å². The van der Waals surface area contributed by atoms with Crippen molar-refractivity contribution in [3.63, 3.8) is 0 Å². The fourth-order valence-electron chi connectivity index (χ4n) is 1.43. The first kappa shape index (κ1) is 11.9. The molecule has 0 aromatic carbocycles. The number of hydrogen-bond donors (Lipinski definition) is 1. The molecule has 17 heavy (non-hydrogen) atoms. The number of alkyl halides is 3. The second-order valence-electron chi connectivity index (χ2n) is 3.18. The monoisotopic (exact) mass is 266 g/mol. The van der Waals surface area contributed by atoms with Crippen LogP contribution in [0.2, 0.25) is 0 Å². The smallest absolute Gasteiger partial charge is 0.282 e. The van der Waals surface area contributed by atoms with Gasteiger partial charge in [-0.25, -0.2) is 9.55 Å². The Labute approximate surface area is 93.2 Å². The van der Waals surface area contributed by atoms with Crippen molar-refractivity contribution in [2.45, 2.75) is 11.2 Å². The Hall–Kier alpha value is -1.61. The predicted molar refractivity (Wildman–Crippen MR) is 50.8 cm³/mol. The molecule has 0 atom stereocenters. The Balaban J connectivity index is 2.91. The Morgan fingerprint density at radius 3 is 2.53 bits per heavy atom. The van der Waals surface area contributed by atoms with Gasteiger partial charge in [0.1, 0.15) is 10.5 Å². The minimum Gasteiger partial charge on any atom is -0.282 e. The standard InChI is InChI=1S/C8H5F3N2O3S/c9-8(10,11)13-4-6(17(14,15)16)5-2-1-3-12-7(5)13/h1-4H,(H,14,15,16). The molecule has 2 rings (SSSR count). The summed E-state index contributed by atoms with van der Waals surface area (Å²) in [6.07, 6.45) is -3.42. The van der Waals surface area contributed by atoms with E-state index in [0.717, 1.165) is 12.3 Å². The second-order valence-corrected chi connectivity index (χ2v) is 4.57. The van der Waals surface area contributed by atoms with Gasteiger partial charge < -0.3 is 0 Å². The lowest BCUT2D eigenvalue weighted by Crippen LogP contribution is -2.15. The van der Waals surface area contributed by atoms with Gasteiger partial charge in [-0.15, -0.1) is 13.2 Å². The number of fused-ring (bicyclic) bond motifs is 1. The zero-order chi connectivity index (χ0) is 12.8. The highest BCUT2D eigenvalue weighted by Crippen LogP contribution is 2.31. The fraction of sp³-hybridized carbons (Fsp3) is 0.125. The molecule has 0 saturated carbocycles. The van der Waals surface area contributed by atoms with Crippen LogP contribution in [0.15, 0.2) is 29.4 Å². The summed E-state index contributed by atoms with van der Waals surface area (Å²) >= 11 is 0. The van der Waals surface area contributed by atoms with Crippen molar-refractivity contribution in [1.29, 1.82) is 0 Å². The van der Waals surface area contributed by atoms with E-state index in [1.807, 2.05) is 0 Å². The van der Waals surface area contributed by atoms with Gasteiger partial charge in [0.15, 0.2) is 0 Å². The summed E-state index contributed by atoms with van der Waals surface area (Å²) in [4.78, 5) is 2.63. The molecule has 0 aliphatic rings. The zero-order valence-corrected chi connectivity index (χ0v) is 8.83. The van der Waals surface area contributed by atoms with Crippen LogP contribution in [0.1, 0.15) is 0 Å². The molecular formula is C8H5F3N2O3S. The topological polar surface area (TPSA) is 72.2 Å². The summed E-state index contributed by atoms with van der Waals surface area (Å²) in [7, 11) is -4.73. The molecule has 0 saturated heterocycles. The van der Waals surface area contributed by atoms with E-state index in [4.69, 9.17) is 4.55 Å². The molecule has 2 aromatic heterocycles. The van der Waals surface area contributed by atoms with E-state index in [1.54, 1.807) is 0 Å². The maximum atomic E-state index is 12.6. The van der Waals surface area contributed by atoms with E-state index >= 15 is 0 Å². The van der Waals surface area contributed by atoms with Gasteiger partial charge in [-0.2, -0.15) is 8.42 Å². The first-order valence-electron chi connectivity index (χ1n) is 4.22. The number of aromatic nitrogens is 2. The van der Waals surface area contributed by atoms with Crippen LogP contribution in [0.5, 0.6) is 0 Å². The van der Waals surface area contributed by atoms with Crippen molar-refractivity contribution in [3.05, 3.63) is 24.5 Å². The van der Waals surface area contributed by atoms with Crippen LogP contribution < -0.4 is 0 Å². The van der Waals surface area contributed by atoms with Crippen LogP contribution in [-0.4, -0.2) is 22.5 Å². The van der Waals surface area contributed by atoms with Gasteiger partial charge in [0.25, 0.3) is 10.1 Å². The number of halogens is 3. The van der Waals surface area contributed by atoms with Crippen molar-refractivity contribution in [3.8, 4) is 0 Å². The summed E-state index contributed by atoms with van der Waals surface area (Å²) in [6.45, 7) is 0. The number of rotatable bonds is 1. The summed E-state index contributed by atoms with van der Waals surface area (Å²) < 4.78 is 68.1. The van der Waals surface area contributed by atoms with E-state index in [2.05, 4.69) is 4.98 Å². The van der Waals surface area contributed by atoms with Crippen LogP contribution in [0.3, 0.4) is 0 Å². The lowest BCUT2D eigenvalue weighted by molar-refractivity contribution is -0.201. The minimum absolute atomic E-state index is 0.258. The third-order valence-electron chi connectivity index (χ3n) is 2.08. The van der Waals surface area contributed by atoms with Crippen LogP contribution in [0.25, 0.3) is 11.0 Å². The average molecular weight is 266 g/mol. The molecule has 5 nitrogen and oxygen atoms in total. The van der Waals surface area contributed by atoms with Crippen LogP contribution in [0, 0.1) is 0 Å². The summed E-state index contributed by atoms with van der Waals surface area (Å²) in [5.41, 5.74) is -0.576. The fourth-order valence-corrected chi connectivity index (χ4v) is 2.10. The predicted octanol–water partition coefficient (Wildman–Crippen LogP) is 1.76. The highest BCUT2D eigenvalue weighted by molar-refractivity contribution is 7.86. The molecule has 0 radical (unpaired) electrons. The van der Waals surface area contributed by atoms with E-state index in [9.17, 15) is 21.6 Å². The van der Waals surface area contributed by atoms with Crippen molar-refractivity contribution >= 4 is 21.2 Å². The van der Waals surface area contributed by atoms with Gasteiger partial charge in [0.05, 0.1) is 0 Å². The first-order chi connectivity index (χ1) is 7.71. The van der Waals surface area contributed by atoms with E-state index in [-0.39, 0.29) is 9.95 Å². The van der Waals surface area contributed by atoms with Gasteiger partial charge in [-0.05, 0) is 12.1 Å². The largest absolute Gasteiger partial charge is 0.490 e. The maximum absolute atomic E-state index is 12.6. The molecule has 0 unspecified atom stereocenters. The Kier molecular flexibility index (Phi) is 2.40. The molecular weight excluding hydrogens is 261 g/mol. The number of pyridine rings is 1. The van der Waals surface area contributed by atoms with Gasteiger partial charge in [0.2, 0.25) is 0 Å². The van der Waals surface area contributed by atoms with Crippen LogP contribution in [-0.2, 0) is 16.4 Å². The number of hydrogen-bond acceptors (Lipinski definition) is 3. The summed E-state index contributed by atoms with van der Waals surface area (Å²) in [5, 5.41) is -0.285. The third-order valence-corrected chi connectivity index (χ3v) is 2.96. The van der Waals surface area contributed by atoms with Crippen molar-refractivity contribution in [2.24, 2.45) is 0 Å². The number of nitrogens with zero attached hydrogens (tertiary/aromatic N) is 2. The first-order valence-corrected chi connectivity index (χ1v) is 5.66. The van der Waals surface area contributed by atoms with E-state index in [1.165, 1.54) is 6.07 Å². The quantitative estimate of drug-likeness (QED) is 0.798. The molecule has 9 heteroatoms. The molecule has 92 valence electrons. The Morgan fingerprint density at radius 2 is 2.00 bits per heavy atom. The lowest BCUT2D eigenvalue weighted by Gasteiger charge is -2.07. The zero-order valence-electron chi connectivity index (χ0n) is 8.01. The molecule has 0 aliphatic carbocycles. The molecule has 2 aromatic rings. The van der Waals surface area contributed by atoms with Gasteiger partial charge in [-0.3, -0.25) is 4.55 Å². The Bertz CT molecular complexity index is 675. The highest BCUT2D eigenvalue weighted by atomic mass is 32.2. The SMILES string of the molecule is O=S(=O)(O)c1cn(C(F)(F)F)c2ncccc12. The molecule has 0 bridgehead atoms. The van der Waals surface area contributed by atoms with E-state index < -0.39 is 27.0 Å². The van der Waals surface area contributed by atoms with Gasteiger partial charge in [0, 0.05) is 17.8 Å². The molecule has 0 spiro atoms. The van der Waals surface area contributed by atoms with Crippen LogP contribution in [0.4, 0.5) is 13.2 Å². The summed E-state index contributed by atoms with van der Waals surface area (Å²) in [6, 6.07) is 2.41. The third kappa shape index (κ3) is 1.98. The molecule has 0 fully saturated rings. The van der Waals surface area contributed by atoms with Crippen LogP contribution >= 0.6 is 0 Å². The molecule has 0 amide bonds. The maximum Gasteiger partial charge on any atom is 0.490 e. The normalized spacial score (nSPS) is 13.2. The van der Waals surface area contributed by atoms with Crippen molar-refractivity contribution in [1.82, 2.24) is 9.55 Å². The lowest BCUT2D eigenvalue weighted by atomic mass is 10.3. The minimum atomic E-state index is -4.81. The van der Waals surface area contributed by atoms with Gasteiger partial charge in [-0.1, -0.05) is 0 Å². The van der Waals surface area contributed by atoms with Gasteiger partial charge >= 0.3 is 6.30 Å². The van der Waals surface area contributed by atoms with E-state index in [0.29, 0.717) is 6.20 Å².